The van der Waals surface area contributed by atoms with E-state index in [0.717, 1.165) is 22.8 Å². The lowest BCUT2D eigenvalue weighted by Gasteiger charge is -2.05. The van der Waals surface area contributed by atoms with Gasteiger partial charge in [-0.3, -0.25) is 9.48 Å². The van der Waals surface area contributed by atoms with Crippen LogP contribution in [0.4, 0.5) is 0 Å². The molecule has 0 spiro atoms. The lowest BCUT2D eigenvalue weighted by Crippen LogP contribution is -2.28. The minimum absolute atomic E-state index is 0.0607. The first-order valence-electron chi connectivity index (χ1n) is 9.10. The second kappa shape index (κ2) is 7.53. The molecule has 0 saturated heterocycles. The van der Waals surface area contributed by atoms with Gasteiger partial charge in [-0.05, 0) is 30.0 Å². The molecule has 1 fully saturated rings. The van der Waals surface area contributed by atoms with E-state index in [2.05, 4.69) is 15.4 Å². The number of nitrogens with zero attached hydrogens (tertiary/aromatic N) is 3. The second-order valence-corrected chi connectivity index (χ2v) is 7.32. The van der Waals surface area contributed by atoms with Gasteiger partial charge in [-0.1, -0.05) is 54.1 Å². The fraction of sp³-hybridized carbons (Fsp3) is 0.286. The van der Waals surface area contributed by atoms with Crippen molar-refractivity contribution in [2.24, 2.45) is 13.0 Å². The van der Waals surface area contributed by atoms with E-state index in [1.165, 1.54) is 5.56 Å². The Bertz CT molecular complexity index is 937. The Balaban J connectivity index is 1.30. The first-order chi connectivity index (χ1) is 13.1. The lowest BCUT2D eigenvalue weighted by molar-refractivity contribution is -0.122. The van der Waals surface area contributed by atoms with Gasteiger partial charge in [-0.2, -0.15) is 5.10 Å². The van der Waals surface area contributed by atoms with E-state index in [0.29, 0.717) is 24.7 Å². The average molecular weight is 381 g/mol. The summed E-state index contributed by atoms with van der Waals surface area (Å²) in [5, 5.41) is 8.22. The fourth-order valence-electron chi connectivity index (χ4n) is 3.34. The third-order valence-corrected chi connectivity index (χ3v) is 5.21. The number of aromatic nitrogens is 3. The summed E-state index contributed by atoms with van der Waals surface area (Å²) < 4.78 is 1.78. The van der Waals surface area contributed by atoms with Crippen LogP contribution in [0.5, 0.6) is 0 Å². The Kier molecular flexibility index (Phi) is 4.94. The summed E-state index contributed by atoms with van der Waals surface area (Å²) in [5.41, 5.74) is 2.17. The zero-order valence-corrected chi connectivity index (χ0v) is 15.9. The van der Waals surface area contributed by atoms with Gasteiger partial charge < -0.3 is 5.32 Å². The number of halogens is 1. The maximum atomic E-state index is 12.4. The van der Waals surface area contributed by atoms with Gasteiger partial charge >= 0.3 is 0 Å². The molecule has 138 valence electrons. The first-order valence-corrected chi connectivity index (χ1v) is 9.48. The SMILES string of the molecule is Cn1nc(-c2ccccc2)nc1CCNC(=O)[C@H]1C[C@@H]1c1ccc(Cl)cc1. The van der Waals surface area contributed by atoms with Crippen LogP contribution in [0.3, 0.4) is 0 Å². The lowest BCUT2D eigenvalue weighted by atomic mass is 10.1. The predicted molar refractivity (Wildman–Crippen MR) is 105 cm³/mol. The van der Waals surface area contributed by atoms with Gasteiger partial charge in [-0.25, -0.2) is 4.98 Å². The summed E-state index contributed by atoms with van der Waals surface area (Å²) in [4.78, 5) is 17.0. The van der Waals surface area contributed by atoms with Crippen LogP contribution in [0.15, 0.2) is 54.6 Å². The van der Waals surface area contributed by atoms with Crippen LogP contribution >= 0.6 is 11.6 Å². The summed E-state index contributed by atoms with van der Waals surface area (Å²) >= 11 is 5.92. The molecule has 0 bridgehead atoms. The quantitative estimate of drug-likeness (QED) is 0.710. The minimum Gasteiger partial charge on any atom is -0.355 e. The highest BCUT2D eigenvalue weighted by molar-refractivity contribution is 6.30. The third kappa shape index (κ3) is 4.03. The topological polar surface area (TPSA) is 59.8 Å². The number of nitrogens with one attached hydrogen (secondary N) is 1. The molecule has 1 N–H and O–H groups in total. The molecule has 0 aliphatic heterocycles. The van der Waals surface area contributed by atoms with Crippen molar-refractivity contribution in [3.8, 4) is 11.4 Å². The number of aryl methyl sites for hydroxylation is 1. The molecule has 1 heterocycles. The Labute approximate surface area is 163 Å². The van der Waals surface area contributed by atoms with Gasteiger partial charge in [0.15, 0.2) is 5.82 Å². The molecule has 0 radical (unpaired) electrons. The van der Waals surface area contributed by atoms with Crippen LogP contribution < -0.4 is 5.32 Å². The molecule has 27 heavy (non-hydrogen) atoms. The van der Waals surface area contributed by atoms with Crippen molar-refractivity contribution in [2.75, 3.05) is 6.54 Å². The number of benzene rings is 2. The molecule has 4 rings (SSSR count). The molecule has 2 atom stereocenters. The Morgan fingerprint density at radius 1 is 1.19 bits per heavy atom. The number of rotatable bonds is 6. The number of carbonyl (C=O) groups is 1. The largest absolute Gasteiger partial charge is 0.355 e. The van der Waals surface area contributed by atoms with E-state index < -0.39 is 0 Å². The monoisotopic (exact) mass is 380 g/mol. The van der Waals surface area contributed by atoms with Crippen LogP contribution in [-0.2, 0) is 18.3 Å². The molecular formula is C21H21ClN4O. The Morgan fingerprint density at radius 3 is 2.67 bits per heavy atom. The maximum Gasteiger partial charge on any atom is 0.223 e. The van der Waals surface area contributed by atoms with Crippen LogP contribution in [0.25, 0.3) is 11.4 Å². The van der Waals surface area contributed by atoms with Crippen LogP contribution in [-0.4, -0.2) is 27.2 Å². The zero-order chi connectivity index (χ0) is 18.8. The first kappa shape index (κ1) is 17.7. The van der Waals surface area contributed by atoms with E-state index in [-0.39, 0.29) is 11.8 Å². The molecule has 5 nitrogen and oxygen atoms in total. The number of amides is 1. The van der Waals surface area contributed by atoms with Gasteiger partial charge in [0.05, 0.1) is 0 Å². The zero-order valence-electron chi connectivity index (χ0n) is 15.1. The van der Waals surface area contributed by atoms with Crippen molar-refractivity contribution < 1.29 is 4.79 Å². The molecule has 2 aromatic carbocycles. The van der Waals surface area contributed by atoms with Crippen molar-refractivity contribution in [3.63, 3.8) is 0 Å². The van der Waals surface area contributed by atoms with Crippen molar-refractivity contribution in [3.05, 3.63) is 71.0 Å². The third-order valence-electron chi connectivity index (χ3n) is 4.96. The Morgan fingerprint density at radius 2 is 1.93 bits per heavy atom. The number of hydrogen-bond acceptors (Lipinski definition) is 3. The highest BCUT2D eigenvalue weighted by Crippen LogP contribution is 2.47. The fourth-order valence-corrected chi connectivity index (χ4v) is 3.46. The normalized spacial score (nSPS) is 18.3. The van der Waals surface area contributed by atoms with Crippen LogP contribution in [0, 0.1) is 5.92 Å². The van der Waals surface area contributed by atoms with E-state index >= 15 is 0 Å². The van der Waals surface area contributed by atoms with Crippen LogP contribution in [0.1, 0.15) is 23.7 Å². The molecule has 3 aromatic rings. The highest BCUT2D eigenvalue weighted by Gasteiger charge is 2.43. The average Bonchev–Trinajstić information content (AvgIpc) is 3.40. The minimum atomic E-state index is 0.0607. The van der Waals surface area contributed by atoms with Crippen molar-refractivity contribution in [1.29, 1.82) is 0 Å². The van der Waals surface area contributed by atoms with Crippen molar-refractivity contribution >= 4 is 17.5 Å². The molecule has 1 aromatic heterocycles. The van der Waals surface area contributed by atoms with Crippen molar-refractivity contribution in [1.82, 2.24) is 20.1 Å². The molecular weight excluding hydrogens is 360 g/mol. The Hall–Kier alpha value is -2.66. The number of hydrogen-bond donors (Lipinski definition) is 1. The maximum absolute atomic E-state index is 12.4. The van der Waals surface area contributed by atoms with Gasteiger partial charge in [0, 0.05) is 36.5 Å². The van der Waals surface area contributed by atoms with E-state index in [4.69, 9.17) is 11.6 Å². The summed E-state index contributed by atoms with van der Waals surface area (Å²) in [7, 11) is 1.88. The van der Waals surface area contributed by atoms with Gasteiger partial charge in [0.2, 0.25) is 5.91 Å². The smallest absolute Gasteiger partial charge is 0.223 e. The summed E-state index contributed by atoms with van der Waals surface area (Å²) in [6.07, 6.45) is 1.55. The van der Waals surface area contributed by atoms with Crippen LogP contribution in [0.2, 0.25) is 5.02 Å². The predicted octanol–water partition coefficient (Wildman–Crippen LogP) is 3.60. The second-order valence-electron chi connectivity index (χ2n) is 6.88. The van der Waals surface area contributed by atoms with E-state index in [9.17, 15) is 4.79 Å². The van der Waals surface area contributed by atoms with Crippen molar-refractivity contribution in [2.45, 2.75) is 18.8 Å². The molecule has 6 heteroatoms. The van der Waals surface area contributed by atoms with Gasteiger partial charge in [0.25, 0.3) is 0 Å². The highest BCUT2D eigenvalue weighted by atomic mass is 35.5. The molecule has 1 amide bonds. The number of carbonyl (C=O) groups excluding carboxylic acids is 1. The molecule has 1 saturated carbocycles. The summed E-state index contributed by atoms with van der Waals surface area (Å²) in [5.74, 6) is 2.05. The molecule has 0 unspecified atom stereocenters. The molecule has 1 aliphatic rings. The van der Waals surface area contributed by atoms with Gasteiger partial charge in [0.1, 0.15) is 5.82 Å². The summed E-state index contributed by atoms with van der Waals surface area (Å²) in [6.45, 7) is 0.559. The molecule has 1 aliphatic carbocycles. The van der Waals surface area contributed by atoms with E-state index in [1.807, 2.05) is 61.6 Å². The van der Waals surface area contributed by atoms with E-state index in [1.54, 1.807) is 4.68 Å². The van der Waals surface area contributed by atoms with Gasteiger partial charge in [-0.15, -0.1) is 0 Å². The standard InChI is InChI=1S/C21H21ClN4O/c1-26-19(24-20(25-26)15-5-3-2-4-6-15)11-12-23-21(27)18-13-17(18)14-7-9-16(22)10-8-14/h2-10,17-18H,11-13H2,1H3,(H,23,27)/t17-,18+/m1/s1. The summed E-state index contributed by atoms with van der Waals surface area (Å²) in [6, 6.07) is 17.7.